The van der Waals surface area contributed by atoms with Crippen LogP contribution in [0.5, 0.6) is 5.75 Å². The number of hydrogen-bond donors (Lipinski definition) is 2. The maximum atomic E-state index is 13.8. The van der Waals surface area contributed by atoms with Crippen LogP contribution in [0.15, 0.2) is 35.2 Å². The van der Waals surface area contributed by atoms with E-state index in [4.69, 9.17) is 22.1 Å². The molecule has 0 unspecified atom stereocenters. The van der Waals surface area contributed by atoms with Gasteiger partial charge in [0.1, 0.15) is 22.1 Å². The first-order valence-electron chi connectivity index (χ1n) is 5.86. The van der Waals surface area contributed by atoms with Gasteiger partial charge in [0.15, 0.2) is 5.82 Å². The van der Waals surface area contributed by atoms with Crippen LogP contribution in [0.1, 0.15) is 0 Å². The Kier molecular flexibility index (Phi) is 4.43. The highest BCUT2D eigenvalue weighted by Crippen LogP contribution is 2.29. The number of nitrogens with one attached hydrogen (secondary N) is 1. The van der Waals surface area contributed by atoms with Gasteiger partial charge < -0.3 is 10.5 Å². The molecule has 2 rings (SSSR count). The lowest BCUT2D eigenvalue weighted by molar-refractivity contribution is 0.414. The fourth-order valence-electron chi connectivity index (χ4n) is 1.67. The molecule has 3 N–H and O–H groups in total. The molecule has 0 fully saturated rings. The largest absolute Gasteiger partial charge is 0.497 e. The molecule has 0 amide bonds. The number of hydrogen-bond acceptors (Lipinski definition) is 4. The standard InChI is InChI=1S/C13H11ClF2N2O3S/c1-21-7-2-5-11(8(14)6-7)22(19,20)18-10-4-3-9(15)13(17)12(10)16/h2-6,18H,17H2,1H3. The third-order valence-electron chi connectivity index (χ3n) is 2.80. The first kappa shape index (κ1) is 16.3. The molecule has 0 bridgehead atoms. The number of ether oxygens (including phenoxy) is 1. The summed E-state index contributed by atoms with van der Waals surface area (Å²) in [7, 11) is -2.78. The predicted octanol–water partition coefficient (Wildman–Crippen LogP) is 3.01. The van der Waals surface area contributed by atoms with Gasteiger partial charge in [-0.3, -0.25) is 4.72 Å². The van der Waals surface area contributed by atoms with Crippen molar-refractivity contribution >= 4 is 33.0 Å². The summed E-state index contributed by atoms with van der Waals surface area (Å²) in [5.74, 6) is -1.82. The van der Waals surface area contributed by atoms with Crippen LogP contribution in [0.2, 0.25) is 5.02 Å². The molecule has 0 aliphatic carbocycles. The highest BCUT2D eigenvalue weighted by Gasteiger charge is 2.21. The van der Waals surface area contributed by atoms with Crippen LogP contribution in [-0.2, 0) is 10.0 Å². The Balaban J connectivity index is 2.42. The number of anilines is 2. The molecule has 0 aromatic heterocycles. The van der Waals surface area contributed by atoms with Crippen molar-refractivity contribution < 1.29 is 21.9 Å². The van der Waals surface area contributed by atoms with Crippen molar-refractivity contribution in [2.24, 2.45) is 0 Å². The summed E-state index contributed by atoms with van der Waals surface area (Å²) in [6.07, 6.45) is 0. The molecule has 0 aliphatic rings. The molecule has 118 valence electrons. The van der Waals surface area contributed by atoms with E-state index in [1.165, 1.54) is 25.3 Å². The molecule has 2 aromatic rings. The highest BCUT2D eigenvalue weighted by molar-refractivity contribution is 7.92. The van der Waals surface area contributed by atoms with Crippen LogP contribution in [0.4, 0.5) is 20.2 Å². The molecule has 0 heterocycles. The zero-order chi connectivity index (χ0) is 16.5. The van der Waals surface area contributed by atoms with E-state index in [1.807, 2.05) is 4.72 Å². The Bertz CT molecular complexity index is 828. The first-order valence-corrected chi connectivity index (χ1v) is 7.72. The Morgan fingerprint density at radius 1 is 1.23 bits per heavy atom. The molecular weight excluding hydrogens is 338 g/mol. The number of sulfonamides is 1. The Hall–Kier alpha value is -2.06. The smallest absolute Gasteiger partial charge is 0.263 e. The Morgan fingerprint density at radius 2 is 1.91 bits per heavy atom. The number of nitrogen functional groups attached to an aromatic ring is 1. The second kappa shape index (κ2) is 5.98. The van der Waals surface area contributed by atoms with Crippen molar-refractivity contribution in [2.75, 3.05) is 17.6 Å². The van der Waals surface area contributed by atoms with Gasteiger partial charge >= 0.3 is 0 Å². The third-order valence-corrected chi connectivity index (χ3v) is 4.65. The van der Waals surface area contributed by atoms with Crippen molar-refractivity contribution in [1.82, 2.24) is 0 Å². The molecule has 2 aromatic carbocycles. The summed E-state index contributed by atoms with van der Waals surface area (Å²) < 4.78 is 58.2. The zero-order valence-corrected chi connectivity index (χ0v) is 12.8. The van der Waals surface area contributed by atoms with Gasteiger partial charge in [0, 0.05) is 6.07 Å². The number of halogens is 3. The van der Waals surface area contributed by atoms with Gasteiger partial charge in [0.2, 0.25) is 0 Å². The lowest BCUT2D eigenvalue weighted by Gasteiger charge is -2.12. The molecule has 0 atom stereocenters. The summed E-state index contributed by atoms with van der Waals surface area (Å²) in [6, 6.07) is 5.66. The summed E-state index contributed by atoms with van der Waals surface area (Å²) in [5, 5.41) is -0.109. The van der Waals surface area contributed by atoms with Gasteiger partial charge in [0.05, 0.1) is 17.8 Å². The average molecular weight is 349 g/mol. The number of nitrogens with two attached hydrogens (primary N) is 1. The van der Waals surface area contributed by atoms with Crippen LogP contribution < -0.4 is 15.2 Å². The fraction of sp³-hybridized carbons (Fsp3) is 0.0769. The number of benzene rings is 2. The minimum absolute atomic E-state index is 0.109. The molecular formula is C13H11ClF2N2O3S. The Morgan fingerprint density at radius 3 is 2.50 bits per heavy atom. The summed E-state index contributed by atoms with van der Waals surface area (Å²) in [4.78, 5) is -0.280. The van der Waals surface area contributed by atoms with Gasteiger partial charge in [-0.15, -0.1) is 0 Å². The summed E-state index contributed by atoms with van der Waals surface area (Å²) in [6.45, 7) is 0. The van der Waals surface area contributed by atoms with E-state index in [-0.39, 0.29) is 9.92 Å². The monoisotopic (exact) mass is 348 g/mol. The number of methoxy groups -OCH3 is 1. The van der Waals surface area contributed by atoms with E-state index in [0.29, 0.717) is 5.75 Å². The number of rotatable bonds is 4. The van der Waals surface area contributed by atoms with Crippen molar-refractivity contribution in [3.05, 3.63) is 47.0 Å². The first-order chi connectivity index (χ1) is 10.3. The molecule has 0 saturated heterocycles. The second-order valence-electron chi connectivity index (χ2n) is 4.22. The predicted molar refractivity (Wildman–Crippen MR) is 79.6 cm³/mol. The lowest BCUT2D eigenvalue weighted by atomic mass is 10.2. The topological polar surface area (TPSA) is 81.4 Å². The average Bonchev–Trinajstić information content (AvgIpc) is 2.47. The van der Waals surface area contributed by atoms with Crippen molar-refractivity contribution in [2.45, 2.75) is 4.90 Å². The Labute approximate surface area is 130 Å². The van der Waals surface area contributed by atoms with Crippen LogP contribution >= 0.6 is 11.6 Å². The molecule has 9 heteroatoms. The minimum Gasteiger partial charge on any atom is -0.497 e. The maximum absolute atomic E-state index is 13.8. The van der Waals surface area contributed by atoms with Gasteiger partial charge in [-0.25, -0.2) is 17.2 Å². The van der Waals surface area contributed by atoms with E-state index in [9.17, 15) is 17.2 Å². The molecule has 0 radical (unpaired) electrons. The third kappa shape index (κ3) is 3.07. The van der Waals surface area contributed by atoms with Gasteiger partial charge in [-0.2, -0.15) is 0 Å². The van der Waals surface area contributed by atoms with Gasteiger partial charge in [0.25, 0.3) is 10.0 Å². The van der Waals surface area contributed by atoms with Crippen LogP contribution in [0.3, 0.4) is 0 Å². The summed E-state index contributed by atoms with van der Waals surface area (Å²) >= 11 is 5.88. The van der Waals surface area contributed by atoms with E-state index in [1.54, 1.807) is 0 Å². The SMILES string of the molecule is COc1ccc(S(=O)(=O)Nc2ccc(F)c(N)c2F)c(Cl)c1. The minimum atomic E-state index is -4.18. The van der Waals surface area contributed by atoms with Crippen LogP contribution in [0.25, 0.3) is 0 Å². The molecule has 0 spiro atoms. The molecule has 22 heavy (non-hydrogen) atoms. The van der Waals surface area contributed by atoms with Crippen LogP contribution in [-0.4, -0.2) is 15.5 Å². The van der Waals surface area contributed by atoms with E-state index >= 15 is 0 Å². The molecule has 5 nitrogen and oxygen atoms in total. The second-order valence-corrected chi connectivity index (χ2v) is 6.28. The van der Waals surface area contributed by atoms with E-state index < -0.39 is 33.0 Å². The quantitative estimate of drug-likeness (QED) is 0.832. The zero-order valence-electron chi connectivity index (χ0n) is 11.2. The van der Waals surface area contributed by atoms with Crippen molar-refractivity contribution in [3.8, 4) is 5.75 Å². The van der Waals surface area contributed by atoms with Gasteiger partial charge in [-0.05, 0) is 24.3 Å². The molecule has 0 aliphatic heterocycles. The highest BCUT2D eigenvalue weighted by atomic mass is 35.5. The van der Waals surface area contributed by atoms with Crippen molar-refractivity contribution in [1.29, 1.82) is 0 Å². The maximum Gasteiger partial charge on any atom is 0.263 e. The van der Waals surface area contributed by atoms with Crippen LogP contribution in [0, 0.1) is 11.6 Å². The van der Waals surface area contributed by atoms with Crippen molar-refractivity contribution in [3.63, 3.8) is 0 Å². The summed E-state index contributed by atoms with van der Waals surface area (Å²) in [5.41, 5.74) is 3.92. The lowest BCUT2D eigenvalue weighted by Crippen LogP contribution is -2.15. The fourth-order valence-corrected chi connectivity index (χ4v) is 3.27. The molecule has 0 saturated carbocycles. The van der Waals surface area contributed by atoms with Gasteiger partial charge in [-0.1, -0.05) is 11.6 Å². The van der Waals surface area contributed by atoms with E-state index in [2.05, 4.69) is 0 Å². The van der Waals surface area contributed by atoms with E-state index in [0.717, 1.165) is 12.1 Å². The normalized spacial score (nSPS) is 11.3.